The Kier molecular flexibility index (Phi) is 24.5. The first-order valence-electron chi connectivity index (χ1n) is 18.0. The third kappa shape index (κ3) is 20.3. The lowest BCUT2D eigenvalue weighted by Gasteiger charge is -2.26. The van der Waals surface area contributed by atoms with Crippen LogP contribution in [0.2, 0.25) is 0 Å². The molecule has 0 saturated heterocycles. The Labute approximate surface area is 322 Å². The first kappa shape index (κ1) is 49.8. The quantitative estimate of drug-likeness (QED) is 0.0167. The van der Waals surface area contributed by atoms with Crippen LogP contribution >= 0.6 is 12.6 Å². The number of aliphatic imine (C=N–C) groups is 1. The van der Waals surface area contributed by atoms with E-state index in [-0.39, 0.29) is 49.4 Å². The van der Waals surface area contributed by atoms with Gasteiger partial charge < -0.3 is 65.0 Å². The fraction of sp³-hybridized carbons (Fsp3) is 0.758. The molecule has 0 rings (SSSR count). The van der Waals surface area contributed by atoms with Crippen molar-refractivity contribution in [2.45, 2.75) is 122 Å². The van der Waals surface area contributed by atoms with E-state index < -0.39 is 90.3 Å². The number of guanidine groups is 1. The molecule has 0 aromatic rings. The van der Waals surface area contributed by atoms with Crippen molar-refractivity contribution >= 4 is 60.0 Å². The number of carbonyl (C=O) groups is 7. The van der Waals surface area contributed by atoms with E-state index in [9.17, 15) is 43.8 Å². The van der Waals surface area contributed by atoms with Crippen LogP contribution in [0.4, 0.5) is 0 Å². The molecule has 0 heterocycles. The number of hydrogen-bond acceptors (Lipinski definition) is 12. The number of carboxylic acid groups (broad SMARTS) is 1. The van der Waals surface area contributed by atoms with Crippen LogP contribution in [0.15, 0.2) is 4.99 Å². The molecular weight excluding hydrogens is 726 g/mol. The monoisotopic (exact) mass is 789 g/mol. The lowest BCUT2D eigenvalue weighted by molar-refractivity contribution is -0.143. The third-order valence-electron chi connectivity index (χ3n) is 7.93. The van der Waals surface area contributed by atoms with Gasteiger partial charge in [0.1, 0.15) is 36.3 Å². The SMILES string of the molecule is CC(C)CC(NC(=O)C(CC(C)C)NC(=O)C(CO)NC(=O)C(CS)NC(=O)C(C)NC(=O)C(CCCN=C(N)N)NC(=O)C(N)CCCCN)C(=O)O. The molecule has 7 atom stereocenters. The summed E-state index contributed by atoms with van der Waals surface area (Å²) in [5.74, 6) is -6.48. The standard InChI is InChI=1S/C33H63N11O9S/c1-17(2)13-22(29(49)42-23(32(52)53)14-18(3)4)41-30(50)24(15-45)43-31(51)25(16-54)44-26(46)19(5)39-28(48)21(10-8-12-38-33(36)37)40-27(47)20(35)9-6-7-11-34/h17-25,45,54H,6-16,34-35H2,1-5H3,(H,39,48)(H,40,47)(H,41,50)(H,42,49)(H,43,51)(H,44,46)(H,52,53)(H4,36,37,38). The second-order valence-electron chi connectivity index (χ2n) is 13.8. The molecule has 20 nitrogen and oxygen atoms in total. The molecule has 0 aliphatic rings. The Balaban J connectivity index is 5.64. The van der Waals surface area contributed by atoms with Gasteiger partial charge in [0.25, 0.3) is 0 Å². The number of amides is 6. The highest BCUT2D eigenvalue weighted by atomic mass is 32.1. The molecule has 0 radical (unpaired) electrons. The minimum absolute atomic E-state index is 0.0447. The largest absolute Gasteiger partial charge is 0.480 e. The van der Waals surface area contributed by atoms with Crippen LogP contribution in [-0.4, -0.2) is 125 Å². The molecular formula is C33H63N11O9S. The van der Waals surface area contributed by atoms with E-state index in [0.717, 1.165) is 0 Å². The summed E-state index contributed by atoms with van der Waals surface area (Å²) < 4.78 is 0. The first-order chi connectivity index (χ1) is 25.3. The number of nitrogens with one attached hydrogen (secondary N) is 6. The van der Waals surface area contributed by atoms with Gasteiger partial charge in [-0.3, -0.25) is 33.8 Å². The fourth-order valence-corrected chi connectivity index (χ4v) is 5.23. The zero-order valence-electron chi connectivity index (χ0n) is 31.9. The number of aliphatic hydroxyl groups is 1. The molecule has 0 saturated carbocycles. The number of nitrogens with zero attached hydrogens (tertiary/aromatic N) is 1. The third-order valence-corrected chi connectivity index (χ3v) is 8.29. The normalized spacial score (nSPS) is 15.0. The van der Waals surface area contributed by atoms with E-state index in [1.54, 1.807) is 27.7 Å². The summed E-state index contributed by atoms with van der Waals surface area (Å²) in [6.45, 7) is 8.23. The summed E-state index contributed by atoms with van der Waals surface area (Å²) in [5.41, 5.74) is 22.2. The molecule has 0 aromatic heterocycles. The van der Waals surface area contributed by atoms with E-state index in [1.807, 2.05) is 0 Å². The van der Waals surface area contributed by atoms with E-state index in [4.69, 9.17) is 22.9 Å². The molecule has 0 aromatic carbocycles. The minimum Gasteiger partial charge on any atom is -0.480 e. The van der Waals surface area contributed by atoms with Crippen LogP contribution in [-0.2, 0) is 33.6 Å². The van der Waals surface area contributed by atoms with E-state index in [2.05, 4.69) is 49.5 Å². The summed E-state index contributed by atoms with van der Waals surface area (Å²) >= 11 is 4.12. The predicted octanol–water partition coefficient (Wildman–Crippen LogP) is -3.48. The molecule has 7 unspecified atom stereocenters. The van der Waals surface area contributed by atoms with E-state index in [1.165, 1.54) is 6.92 Å². The van der Waals surface area contributed by atoms with Gasteiger partial charge in [-0.05, 0) is 63.8 Å². The Hall–Kier alpha value is -4.21. The summed E-state index contributed by atoms with van der Waals surface area (Å²) in [4.78, 5) is 93.9. The molecule has 0 bridgehead atoms. The summed E-state index contributed by atoms with van der Waals surface area (Å²) in [7, 11) is 0. The van der Waals surface area contributed by atoms with Gasteiger partial charge in [0.15, 0.2) is 5.96 Å². The zero-order valence-corrected chi connectivity index (χ0v) is 32.8. The number of carboxylic acids is 1. The second-order valence-corrected chi connectivity index (χ2v) is 14.2. The highest BCUT2D eigenvalue weighted by Gasteiger charge is 2.32. The van der Waals surface area contributed by atoms with Crippen molar-refractivity contribution in [1.82, 2.24) is 31.9 Å². The highest BCUT2D eigenvalue weighted by Crippen LogP contribution is 2.10. The van der Waals surface area contributed by atoms with Crippen LogP contribution < -0.4 is 54.8 Å². The van der Waals surface area contributed by atoms with Gasteiger partial charge in [-0.25, -0.2) is 4.79 Å². The molecule has 310 valence electrons. The molecule has 16 N–H and O–H groups in total. The molecule has 0 spiro atoms. The van der Waals surface area contributed by atoms with Crippen molar-refractivity contribution < 1.29 is 43.8 Å². The van der Waals surface area contributed by atoms with Crippen molar-refractivity contribution in [1.29, 1.82) is 0 Å². The Morgan fingerprint density at radius 2 is 1.11 bits per heavy atom. The van der Waals surface area contributed by atoms with E-state index >= 15 is 0 Å². The first-order valence-corrected chi connectivity index (χ1v) is 18.7. The molecule has 0 aliphatic carbocycles. The van der Waals surface area contributed by atoms with Crippen molar-refractivity contribution in [2.75, 3.05) is 25.4 Å². The summed E-state index contributed by atoms with van der Waals surface area (Å²) in [5, 5.41) is 34.3. The average Bonchev–Trinajstić information content (AvgIpc) is 3.08. The van der Waals surface area contributed by atoms with Crippen molar-refractivity contribution in [3.8, 4) is 0 Å². The topological polar surface area (TPSA) is 349 Å². The number of carbonyl (C=O) groups excluding carboxylic acids is 6. The number of nitrogens with two attached hydrogens (primary N) is 4. The number of aliphatic hydroxyl groups excluding tert-OH is 1. The number of hydrogen-bond donors (Lipinski definition) is 13. The van der Waals surface area contributed by atoms with Gasteiger partial charge >= 0.3 is 5.97 Å². The van der Waals surface area contributed by atoms with Crippen molar-refractivity contribution in [3.63, 3.8) is 0 Å². The number of rotatable bonds is 27. The van der Waals surface area contributed by atoms with Gasteiger partial charge in [-0.1, -0.05) is 34.1 Å². The summed E-state index contributed by atoms with van der Waals surface area (Å²) in [6, 6.07) is -8.52. The van der Waals surface area contributed by atoms with Crippen LogP contribution in [0.5, 0.6) is 0 Å². The Bertz CT molecular complexity index is 1270. The van der Waals surface area contributed by atoms with Crippen LogP contribution in [0, 0.1) is 11.8 Å². The maximum absolute atomic E-state index is 13.2. The lowest BCUT2D eigenvalue weighted by Crippen LogP contribution is -2.60. The average molecular weight is 790 g/mol. The number of aliphatic carboxylic acids is 1. The Morgan fingerprint density at radius 1 is 0.630 bits per heavy atom. The van der Waals surface area contributed by atoms with Gasteiger partial charge in [0.05, 0.1) is 12.6 Å². The van der Waals surface area contributed by atoms with Crippen LogP contribution in [0.1, 0.15) is 79.6 Å². The second kappa shape index (κ2) is 26.5. The number of unbranched alkanes of at least 4 members (excludes halogenated alkanes) is 1. The fourth-order valence-electron chi connectivity index (χ4n) is 4.97. The van der Waals surface area contributed by atoms with Gasteiger partial charge in [-0.15, -0.1) is 0 Å². The molecule has 21 heteroatoms. The lowest BCUT2D eigenvalue weighted by atomic mass is 10.0. The maximum atomic E-state index is 13.2. The molecule has 0 fully saturated rings. The van der Waals surface area contributed by atoms with Gasteiger partial charge in [0, 0.05) is 12.3 Å². The number of thiol groups is 1. The van der Waals surface area contributed by atoms with Crippen LogP contribution in [0.3, 0.4) is 0 Å². The highest BCUT2D eigenvalue weighted by molar-refractivity contribution is 7.80. The van der Waals surface area contributed by atoms with Gasteiger partial charge in [0.2, 0.25) is 35.4 Å². The maximum Gasteiger partial charge on any atom is 0.326 e. The summed E-state index contributed by atoms with van der Waals surface area (Å²) in [6.07, 6.45) is 2.29. The predicted molar refractivity (Wildman–Crippen MR) is 206 cm³/mol. The molecule has 6 amide bonds. The van der Waals surface area contributed by atoms with Crippen LogP contribution in [0.25, 0.3) is 0 Å². The van der Waals surface area contributed by atoms with Crippen molar-refractivity contribution in [3.05, 3.63) is 0 Å². The van der Waals surface area contributed by atoms with E-state index in [0.29, 0.717) is 32.2 Å². The smallest absolute Gasteiger partial charge is 0.326 e. The zero-order chi connectivity index (χ0) is 41.5. The molecule has 54 heavy (non-hydrogen) atoms. The minimum atomic E-state index is -1.56. The Morgan fingerprint density at radius 3 is 1.63 bits per heavy atom. The van der Waals surface area contributed by atoms with Gasteiger partial charge in [-0.2, -0.15) is 12.6 Å². The van der Waals surface area contributed by atoms with Crippen molar-refractivity contribution in [2.24, 2.45) is 39.8 Å². The molecule has 0 aliphatic heterocycles.